The molecule has 0 unspecified atom stereocenters. The van der Waals surface area contributed by atoms with E-state index in [0.29, 0.717) is 13.1 Å². The Hall–Kier alpha value is -3.08. The van der Waals surface area contributed by atoms with Crippen LogP contribution in [0.4, 0.5) is 0 Å². The third-order valence-corrected chi connectivity index (χ3v) is 28.3. The quantitative estimate of drug-likeness (QED) is 0.0870. The molecule has 0 N–H and O–H groups in total. The molecule has 2 nitrogen and oxygen atoms in total. The van der Waals surface area contributed by atoms with Crippen molar-refractivity contribution in [2.24, 2.45) is 0 Å². The zero-order valence-electron chi connectivity index (χ0n) is 20.6. The van der Waals surface area contributed by atoms with Crippen molar-refractivity contribution in [1.29, 1.82) is 5.26 Å². The average molecular weight is 699 g/mol. The van der Waals surface area contributed by atoms with E-state index in [2.05, 4.69) is 116 Å². The second-order valence-electron chi connectivity index (χ2n) is 8.68. The standard InChI is InChI=1S/C15H14N2.3C6H5.HI.Sn/c16-13-17(11-14-7-3-1-4-8-14)12-15-9-5-2-6-10-15;3*1-2-4-6-5-3-1;;/h1-10H,11-12H2;3*1-5H;1H;/q;;;;;+1/p-1. The Balaban J connectivity index is 0.000000176. The summed E-state index contributed by atoms with van der Waals surface area (Å²) in [6.45, 7) is 1.32. The maximum atomic E-state index is 9.12. The molecule has 0 aliphatic carbocycles. The molecule has 5 rings (SSSR count). The van der Waals surface area contributed by atoms with Crippen molar-refractivity contribution >= 4 is 43.8 Å². The molecule has 37 heavy (non-hydrogen) atoms. The Morgan fingerprint density at radius 2 is 0.757 bits per heavy atom. The number of hydrogen-bond donors (Lipinski definition) is 0. The molecule has 5 aromatic carbocycles. The normalized spacial score (nSPS) is 10.5. The average Bonchev–Trinajstić information content (AvgIpc) is 2.99. The Labute approximate surface area is 234 Å². The van der Waals surface area contributed by atoms with E-state index in [-0.39, 0.29) is 0 Å². The van der Waals surface area contributed by atoms with Crippen molar-refractivity contribution in [1.82, 2.24) is 4.90 Å². The predicted molar refractivity (Wildman–Crippen MR) is 166 cm³/mol. The molecule has 0 atom stereocenters. The molecule has 0 spiro atoms. The van der Waals surface area contributed by atoms with Gasteiger partial charge in [0.15, 0.2) is 6.19 Å². The number of halogens is 1. The Morgan fingerprint density at radius 3 is 1.03 bits per heavy atom. The van der Waals surface area contributed by atoms with Gasteiger partial charge in [0.1, 0.15) is 0 Å². The minimum atomic E-state index is -2.81. The van der Waals surface area contributed by atoms with Crippen LogP contribution in [0.5, 0.6) is 0 Å². The van der Waals surface area contributed by atoms with Gasteiger partial charge < -0.3 is 4.90 Å². The van der Waals surface area contributed by atoms with E-state index in [4.69, 9.17) is 5.26 Å². The van der Waals surface area contributed by atoms with E-state index in [1.165, 1.54) is 10.7 Å². The van der Waals surface area contributed by atoms with Crippen LogP contribution in [-0.4, -0.2) is 19.3 Å². The fraction of sp³-hybridized carbons (Fsp3) is 0.0606. The van der Waals surface area contributed by atoms with E-state index in [0.717, 1.165) is 11.1 Å². The number of hydrogen-bond acceptors (Lipinski definition) is 2. The summed E-state index contributed by atoms with van der Waals surface area (Å²) in [6, 6.07) is 53.1. The van der Waals surface area contributed by atoms with Gasteiger partial charge in [-0.2, -0.15) is 5.26 Å². The molecule has 0 saturated carbocycles. The summed E-state index contributed by atoms with van der Waals surface area (Å²) >= 11 is -0.0246. The molecule has 0 fully saturated rings. The van der Waals surface area contributed by atoms with Crippen LogP contribution in [0.3, 0.4) is 0 Å². The summed E-state index contributed by atoms with van der Waals surface area (Å²) < 4.78 is 4.54. The number of nitrogens with zero attached hydrogens (tertiary/aromatic N) is 2. The second kappa shape index (κ2) is 14.0. The van der Waals surface area contributed by atoms with Crippen LogP contribution in [0, 0.1) is 11.5 Å². The van der Waals surface area contributed by atoms with E-state index in [9.17, 15) is 0 Å². The van der Waals surface area contributed by atoms with E-state index < -0.39 is 14.4 Å². The van der Waals surface area contributed by atoms with Crippen LogP contribution in [0.25, 0.3) is 0 Å². The minimum absolute atomic E-state index is 0.659. The zero-order valence-corrected chi connectivity index (χ0v) is 25.6. The van der Waals surface area contributed by atoms with Gasteiger partial charge in [0.25, 0.3) is 0 Å². The van der Waals surface area contributed by atoms with Gasteiger partial charge in [-0.3, -0.25) is 0 Å². The first-order valence-electron chi connectivity index (χ1n) is 12.3. The molecule has 0 bridgehead atoms. The molecule has 0 amide bonds. The van der Waals surface area contributed by atoms with Crippen LogP contribution < -0.4 is 10.7 Å². The fourth-order valence-electron chi connectivity index (χ4n) is 4.24. The zero-order chi connectivity index (χ0) is 25.8. The Bertz CT molecular complexity index is 1240. The number of nitriles is 1. The predicted octanol–water partition coefficient (Wildman–Crippen LogP) is 6.26. The van der Waals surface area contributed by atoms with E-state index in [1.807, 2.05) is 60.7 Å². The monoisotopic (exact) mass is 700 g/mol. The van der Waals surface area contributed by atoms with Gasteiger partial charge in [0.2, 0.25) is 0 Å². The van der Waals surface area contributed by atoms with Crippen molar-refractivity contribution in [3.05, 3.63) is 163 Å². The SMILES string of the molecule is N#CN(Cc1ccccc1)Cc1ccccc1.[I][Sn]([c]1ccccc1)([c]1ccccc1)[c]1ccccc1. The summed E-state index contributed by atoms with van der Waals surface area (Å²) in [5.74, 6) is 0. The molecule has 0 aromatic heterocycles. The summed E-state index contributed by atoms with van der Waals surface area (Å²) in [5, 5.41) is 9.12. The third kappa shape index (κ3) is 7.47. The van der Waals surface area contributed by atoms with Gasteiger partial charge in [-0.15, -0.1) is 0 Å². The van der Waals surface area contributed by atoms with Crippen molar-refractivity contribution in [3.63, 3.8) is 0 Å². The van der Waals surface area contributed by atoms with Crippen LogP contribution in [0.1, 0.15) is 11.1 Å². The molecule has 4 heteroatoms. The van der Waals surface area contributed by atoms with Gasteiger partial charge in [-0.05, 0) is 11.1 Å². The van der Waals surface area contributed by atoms with Crippen LogP contribution in [-0.2, 0) is 13.1 Å². The van der Waals surface area contributed by atoms with E-state index >= 15 is 0 Å². The number of rotatable bonds is 7. The van der Waals surface area contributed by atoms with Crippen molar-refractivity contribution in [2.75, 3.05) is 0 Å². The van der Waals surface area contributed by atoms with Gasteiger partial charge in [0, 0.05) is 0 Å². The van der Waals surface area contributed by atoms with Gasteiger partial charge in [0.05, 0.1) is 13.1 Å². The summed E-state index contributed by atoms with van der Waals surface area (Å²) in [4.78, 5) is 1.75. The fourth-order valence-corrected chi connectivity index (χ4v) is 19.9. The maximum absolute atomic E-state index is 9.12. The summed E-state index contributed by atoms with van der Waals surface area (Å²) in [5.41, 5.74) is 2.31. The molecule has 0 aliphatic heterocycles. The topological polar surface area (TPSA) is 27.0 Å². The molecule has 0 aliphatic rings. The molecule has 5 aromatic rings. The summed E-state index contributed by atoms with van der Waals surface area (Å²) in [7, 11) is 0. The molecular formula is C33H29IN2Sn. The number of benzene rings is 5. The van der Waals surface area contributed by atoms with Crippen molar-refractivity contribution in [3.8, 4) is 6.19 Å². The molecular weight excluding hydrogens is 670 g/mol. The Kier molecular flexibility index (Phi) is 10.2. The second-order valence-corrected chi connectivity index (χ2v) is 28.2. The molecule has 0 radical (unpaired) electrons. The summed E-state index contributed by atoms with van der Waals surface area (Å²) in [6.07, 6.45) is 2.23. The van der Waals surface area contributed by atoms with E-state index in [1.54, 1.807) is 4.90 Å². The first-order valence-corrected chi connectivity index (χ1v) is 24.9. The molecule has 0 heterocycles. The van der Waals surface area contributed by atoms with Gasteiger partial charge >= 0.3 is 135 Å². The Morgan fingerprint density at radius 1 is 0.486 bits per heavy atom. The first kappa shape index (κ1) is 27.0. The van der Waals surface area contributed by atoms with Gasteiger partial charge in [-0.25, -0.2) is 0 Å². The van der Waals surface area contributed by atoms with Crippen LogP contribution in [0.15, 0.2) is 152 Å². The van der Waals surface area contributed by atoms with Crippen LogP contribution in [0.2, 0.25) is 0 Å². The van der Waals surface area contributed by atoms with Crippen LogP contribution >= 0.6 is 18.6 Å². The molecule has 182 valence electrons. The first-order chi connectivity index (χ1) is 18.2. The van der Waals surface area contributed by atoms with Crippen molar-refractivity contribution < 1.29 is 0 Å². The third-order valence-electron chi connectivity index (χ3n) is 6.09. The van der Waals surface area contributed by atoms with Crippen molar-refractivity contribution in [2.45, 2.75) is 13.1 Å². The molecule has 0 saturated heterocycles. The van der Waals surface area contributed by atoms with Gasteiger partial charge in [-0.1, -0.05) is 60.7 Å².